The largest absolute Gasteiger partial charge is 0.482 e. The average Bonchev–Trinajstić information content (AvgIpc) is 3.61. The monoisotopic (exact) mass is 667 g/mol. The lowest BCUT2D eigenvalue weighted by atomic mass is 9.86. The molecule has 2 aliphatic rings. The summed E-state index contributed by atoms with van der Waals surface area (Å²) in [6.45, 7) is 4.90. The van der Waals surface area contributed by atoms with E-state index in [0.29, 0.717) is 35.4 Å². The summed E-state index contributed by atoms with van der Waals surface area (Å²) in [7, 11) is 2.76. The molecule has 2 aliphatic heterocycles. The molecule has 16 heteroatoms. The van der Waals surface area contributed by atoms with Crippen LogP contribution in [0.2, 0.25) is 0 Å². The molecular weight excluding hydrogens is 630 g/mol. The molecule has 250 valence electrons. The highest BCUT2D eigenvalue weighted by Gasteiger charge is 2.45. The van der Waals surface area contributed by atoms with Gasteiger partial charge in [0, 0.05) is 25.3 Å². The van der Waals surface area contributed by atoms with Crippen molar-refractivity contribution >= 4 is 39.2 Å². The number of fused-ring (bicyclic) bond motifs is 1. The Balaban J connectivity index is 1.43. The second kappa shape index (κ2) is 13.9. The quantitative estimate of drug-likeness (QED) is 0.116. The van der Waals surface area contributed by atoms with Gasteiger partial charge in [0.2, 0.25) is 11.7 Å². The molecule has 0 spiro atoms. The fourth-order valence-electron chi connectivity index (χ4n) is 6.10. The van der Waals surface area contributed by atoms with Crippen LogP contribution in [0, 0.1) is 0 Å². The fraction of sp³-hybridized carbons (Fsp3) is 0.533. The molecule has 0 radical (unpaired) electrons. The lowest BCUT2D eigenvalue weighted by molar-refractivity contribution is -0.126. The molecule has 5 rings (SSSR count). The van der Waals surface area contributed by atoms with Crippen molar-refractivity contribution in [3.05, 3.63) is 41.1 Å². The van der Waals surface area contributed by atoms with Gasteiger partial charge in [0.25, 0.3) is 5.91 Å². The van der Waals surface area contributed by atoms with Crippen LogP contribution in [-0.4, -0.2) is 91.0 Å². The molecule has 1 aromatic carbocycles. The van der Waals surface area contributed by atoms with Gasteiger partial charge in [-0.1, -0.05) is 24.2 Å². The van der Waals surface area contributed by atoms with E-state index in [-0.39, 0.29) is 58.3 Å². The second-order valence-electron chi connectivity index (χ2n) is 11.3. The molecule has 1 amide bonds. The molecule has 4 heterocycles. The summed E-state index contributed by atoms with van der Waals surface area (Å²) in [6, 6.07) is 4.44. The molecule has 4 unspecified atom stereocenters. The summed E-state index contributed by atoms with van der Waals surface area (Å²) < 4.78 is 73.5. The van der Waals surface area contributed by atoms with Crippen molar-refractivity contribution in [3.8, 4) is 10.7 Å². The molecule has 2 aromatic heterocycles. The van der Waals surface area contributed by atoms with E-state index in [1.165, 1.54) is 20.4 Å². The number of nitrogens with two attached hydrogens (primary N) is 1. The summed E-state index contributed by atoms with van der Waals surface area (Å²) in [5, 5.41) is 10.2. The molecule has 3 aromatic rings. The van der Waals surface area contributed by atoms with Gasteiger partial charge < -0.3 is 30.4 Å². The number of benzene rings is 1. The van der Waals surface area contributed by atoms with E-state index in [0.717, 1.165) is 17.8 Å². The lowest BCUT2D eigenvalue weighted by Gasteiger charge is -2.51. The Hall–Kier alpha value is -3.76. The number of nitrogens with zero attached hydrogens (tertiary/aromatic N) is 4. The van der Waals surface area contributed by atoms with Crippen molar-refractivity contribution in [1.82, 2.24) is 20.4 Å². The van der Waals surface area contributed by atoms with Gasteiger partial charge in [-0.15, -0.1) is 11.3 Å². The first-order chi connectivity index (χ1) is 21.9. The zero-order chi connectivity index (χ0) is 33.2. The van der Waals surface area contributed by atoms with Crippen LogP contribution in [0.5, 0.6) is 0 Å². The number of hydrogen-bond donors (Lipinski definition) is 3. The third-order valence-electron chi connectivity index (χ3n) is 8.37. The number of halogens is 4. The number of hydrogen-bond acceptors (Lipinski definition) is 11. The third kappa shape index (κ3) is 6.98. The average molecular weight is 668 g/mol. The first-order valence-corrected chi connectivity index (χ1v) is 15.7. The minimum atomic E-state index is -4.52. The molecule has 2 saturated heterocycles. The SMILES string of the molecule is CCC1CC(Nc2cccc3c(CC(F)(F)F)c(-c4noc(CNC(=O)/C(C=NC)=C(/N)OC)n4)sc23)C(F)C(C)N1C1COC1. The van der Waals surface area contributed by atoms with Gasteiger partial charge in [-0.3, -0.25) is 14.7 Å². The van der Waals surface area contributed by atoms with Crippen LogP contribution in [-0.2, 0) is 27.2 Å². The summed E-state index contributed by atoms with van der Waals surface area (Å²) in [5.41, 5.74) is 6.21. The standard InChI is InChI=1S/C30H37F4N7O4S/c1-5-16-9-22(24(31)15(2)41(16)17-13-44-14-17)38-21-8-6-7-18-19(10-30(32,33)34)26(46-25(18)21)28-39-23(45-40-28)12-37-29(42)20(11-36-3)27(35)43-4/h6-8,11,15-17,22,24,38H,5,9-10,12-14,35H2,1-4H3,(H,37,42)/b27-20-,36-11?. The van der Waals surface area contributed by atoms with Gasteiger partial charge in [-0.05, 0) is 36.8 Å². The highest BCUT2D eigenvalue weighted by atomic mass is 32.1. The Kier molecular flexibility index (Phi) is 10.2. The molecule has 0 saturated carbocycles. The highest BCUT2D eigenvalue weighted by molar-refractivity contribution is 7.23. The van der Waals surface area contributed by atoms with E-state index in [4.69, 9.17) is 19.7 Å². The number of amides is 1. The van der Waals surface area contributed by atoms with Crippen molar-refractivity contribution in [3.63, 3.8) is 0 Å². The molecule has 4 N–H and O–H groups in total. The summed E-state index contributed by atoms with van der Waals surface area (Å²) in [6.07, 6.45) is -4.36. The number of rotatable bonds is 11. The van der Waals surface area contributed by atoms with Gasteiger partial charge in [0.15, 0.2) is 5.88 Å². The summed E-state index contributed by atoms with van der Waals surface area (Å²) in [4.78, 5) is 23.0. The number of carbonyl (C=O) groups excluding carboxylic acids is 1. The van der Waals surface area contributed by atoms with E-state index >= 15 is 4.39 Å². The van der Waals surface area contributed by atoms with Crippen molar-refractivity contribution in [1.29, 1.82) is 0 Å². The first kappa shape index (κ1) is 33.6. The third-order valence-corrected chi connectivity index (χ3v) is 9.65. The maximum absolute atomic E-state index is 15.9. The van der Waals surface area contributed by atoms with Crippen molar-refractivity contribution in [2.45, 2.75) is 76.2 Å². The molecule has 0 aliphatic carbocycles. The Labute approximate surface area is 267 Å². The van der Waals surface area contributed by atoms with Crippen molar-refractivity contribution < 1.29 is 36.4 Å². The Morgan fingerprint density at radius 1 is 1.33 bits per heavy atom. The van der Waals surface area contributed by atoms with Gasteiger partial charge in [-0.2, -0.15) is 18.2 Å². The highest BCUT2D eigenvalue weighted by Crippen LogP contribution is 2.44. The first-order valence-electron chi connectivity index (χ1n) is 14.9. The predicted octanol–water partition coefficient (Wildman–Crippen LogP) is 4.58. The van der Waals surface area contributed by atoms with Crippen LogP contribution in [0.15, 0.2) is 39.2 Å². The van der Waals surface area contributed by atoms with Gasteiger partial charge in [0.1, 0.15) is 11.7 Å². The number of piperidine rings is 1. The molecule has 0 bridgehead atoms. The van der Waals surface area contributed by atoms with Crippen LogP contribution in [0.25, 0.3) is 20.8 Å². The maximum Gasteiger partial charge on any atom is 0.393 e. The fourth-order valence-corrected chi connectivity index (χ4v) is 7.33. The number of likely N-dealkylation sites (tertiary alicyclic amines) is 1. The minimum absolute atomic E-state index is 0.0128. The second-order valence-corrected chi connectivity index (χ2v) is 12.3. The van der Waals surface area contributed by atoms with E-state index in [1.807, 2.05) is 6.92 Å². The van der Waals surface area contributed by atoms with Crippen LogP contribution in [0.1, 0.15) is 38.1 Å². The van der Waals surface area contributed by atoms with Crippen LogP contribution >= 0.6 is 11.3 Å². The van der Waals surface area contributed by atoms with Crippen LogP contribution < -0.4 is 16.4 Å². The summed E-state index contributed by atoms with van der Waals surface area (Å²) in [5.74, 6) is -0.878. The summed E-state index contributed by atoms with van der Waals surface area (Å²) >= 11 is 1.07. The molecule has 11 nitrogen and oxygen atoms in total. The minimum Gasteiger partial charge on any atom is -0.482 e. The number of thiophene rings is 1. The zero-order valence-electron chi connectivity index (χ0n) is 25.9. The number of nitrogens with one attached hydrogen (secondary N) is 2. The van der Waals surface area contributed by atoms with Gasteiger partial charge >= 0.3 is 6.18 Å². The van der Waals surface area contributed by atoms with Gasteiger partial charge in [0.05, 0.1) is 60.6 Å². The van der Waals surface area contributed by atoms with Crippen molar-refractivity contribution in [2.24, 2.45) is 10.7 Å². The topological polar surface area (TPSA) is 140 Å². The van der Waals surface area contributed by atoms with Crippen LogP contribution in [0.3, 0.4) is 0 Å². The number of aliphatic imine (C=N–C) groups is 1. The smallest absolute Gasteiger partial charge is 0.393 e. The zero-order valence-corrected chi connectivity index (χ0v) is 26.7. The van der Waals surface area contributed by atoms with E-state index < -0.39 is 30.7 Å². The molecular formula is C30H37F4N7O4S. The van der Waals surface area contributed by atoms with E-state index in [1.54, 1.807) is 18.2 Å². The van der Waals surface area contributed by atoms with E-state index in [9.17, 15) is 18.0 Å². The Bertz CT molecular complexity index is 1600. The Morgan fingerprint density at radius 3 is 2.72 bits per heavy atom. The van der Waals surface area contributed by atoms with Crippen molar-refractivity contribution in [2.75, 3.05) is 32.7 Å². The molecule has 4 atom stereocenters. The Morgan fingerprint density at radius 2 is 2.09 bits per heavy atom. The number of ether oxygens (including phenoxy) is 2. The predicted molar refractivity (Wildman–Crippen MR) is 166 cm³/mol. The number of aromatic nitrogens is 2. The number of alkyl halides is 4. The number of carbonyl (C=O) groups is 1. The maximum atomic E-state index is 15.9. The van der Waals surface area contributed by atoms with E-state index in [2.05, 4.69) is 37.6 Å². The molecule has 2 fully saturated rings. The normalized spacial score (nSPS) is 23.4. The van der Waals surface area contributed by atoms with Crippen LogP contribution in [0.4, 0.5) is 23.2 Å². The lowest BCUT2D eigenvalue weighted by Crippen LogP contribution is -2.65. The number of methoxy groups -OCH3 is 1. The number of anilines is 1. The van der Waals surface area contributed by atoms with Gasteiger partial charge in [-0.25, -0.2) is 4.39 Å². The molecule has 46 heavy (non-hydrogen) atoms.